The predicted octanol–water partition coefficient (Wildman–Crippen LogP) is 3.54. The standard InChI is InChI=1S/C17H22N2O2S/c1-13-6-8-19(9-7-13)14(16-5-3-11-22-16)12-18-17(20)15-4-2-10-21-15/h2-5,10-11,13-14H,6-9,12H2,1H3,(H,18,20)/t14-/m1/s1. The van der Waals surface area contributed by atoms with Gasteiger partial charge in [-0.2, -0.15) is 0 Å². The van der Waals surface area contributed by atoms with E-state index in [1.165, 1.54) is 24.0 Å². The number of amides is 1. The summed E-state index contributed by atoms with van der Waals surface area (Å²) < 4.78 is 5.15. The quantitative estimate of drug-likeness (QED) is 0.917. The highest BCUT2D eigenvalue weighted by molar-refractivity contribution is 7.10. The third-order valence-corrected chi connectivity index (χ3v) is 5.31. The van der Waals surface area contributed by atoms with E-state index in [1.54, 1.807) is 23.5 Å². The molecular formula is C17H22N2O2S. The molecule has 2 aromatic heterocycles. The predicted molar refractivity (Wildman–Crippen MR) is 88.1 cm³/mol. The summed E-state index contributed by atoms with van der Waals surface area (Å²) in [7, 11) is 0. The first-order valence-corrected chi connectivity index (χ1v) is 8.71. The van der Waals surface area contributed by atoms with Crippen LogP contribution in [0.25, 0.3) is 0 Å². The van der Waals surface area contributed by atoms with Crippen molar-refractivity contribution in [3.8, 4) is 0 Å². The lowest BCUT2D eigenvalue weighted by Gasteiger charge is -2.36. The van der Waals surface area contributed by atoms with E-state index in [2.05, 4.69) is 34.7 Å². The number of hydrogen-bond donors (Lipinski definition) is 1. The summed E-state index contributed by atoms with van der Waals surface area (Å²) in [6, 6.07) is 7.92. The van der Waals surface area contributed by atoms with Crippen molar-refractivity contribution >= 4 is 17.2 Å². The van der Waals surface area contributed by atoms with Gasteiger partial charge in [0.2, 0.25) is 0 Å². The second kappa shape index (κ2) is 7.11. The number of furan rings is 1. The molecule has 0 bridgehead atoms. The lowest BCUT2D eigenvalue weighted by molar-refractivity contribution is 0.0888. The van der Waals surface area contributed by atoms with Crippen molar-refractivity contribution in [3.05, 3.63) is 46.5 Å². The Bertz CT molecular complexity index is 572. The zero-order chi connectivity index (χ0) is 15.4. The van der Waals surface area contributed by atoms with Gasteiger partial charge in [-0.25, -0.2) is 0 Å². The zero-order valence-electron chi connectivity index (χ0n) is 12.8. The Morgan fingerprint density at radius 3 is 2.86 bits per heavy atom. The van der Waals surface area contributed by atoms with Crippen molar-refractivity contribution in [3.63, 3.8) is 0 Å². The first-order chi connectivity index (χ1) is 10.7. The van der Waals surface area contributed by atoms with Gasteiger partial charge in [0.15, 0.2) is 5.76 Å². The molecule has 0 spiro atoms. The number of thiophene rings is 1. The van der Waals surface area contributed by atoms with Gasteiger partial charge < -0.3 is 9.73 Å². The van der Waals surface area contributed by atoms with Crippen molar-refractivity contribution < 1.29 is 9.21 Å². The molecule has 5 heteroatoms. The lowest BCUT2D eigenvalue weighted by Crippen LogP contribution is -2.41. The van der Waals surface area contributed by atoms with Gasteiger partial charge in [0.1, 0.15) is 0 Å². The highest BCUT2D eigenvalue weighted by Gasteiger charge is 2.26. The maximum atomic E-state index is 12.1. The van der Waals surface area contributed by atoms with Crippen LogP contribution in [0, 0.1) is 5.92 Å². The number of rotatable bonds is 5. The normalized spacial score (nSPS) is 18.2. The first kappa shape index (κ1) is 15.3. The summed E-state index contributed by atoms with van der Waals surface area (Å²) in [4.78, 5) is 15.9. The SMILES string of the molecule is CC1CCN([C@H](CNC(=O)c2ccco2)c2cccs2)CC1. The van der Waals surface area contributed by atoms with Gasteiger partial charge in [-0.15, -0.1) is 11.3 Å². The van der Waals surface area contributed by atoms with E-state index in [-0.39, 0.29) is 11.9 Å². The zero-order valence-corrected chi connectivity index (χ0v) is 13.6. The molecule has 4 nitrogen and oxygen atoms in total. The summed E-state index contributed by atoms with van der Waals surface area (Å²) in [5.74, 6) is 1.03. The van der Waals surface area contributed by atoms with Gasteiger partial charge in [-0.3, -0.25) is 9.69 Å². The molecule has 118 valence electrons. The average molecular weight is 318 g/mol. The molecule has 0 aromatic carbocycles. The van der Waals surface area contributed by atoms with Gasteiger partial charge in [0, 0.05) is 11.4 Å². The molecule has 0 saturated carbocycles. The third-order valence-electron chi connectivity index (χ3n) is 4.33. The lowest BCUT2D eigenvalue weighted by atomic mass is 9.97. The van der Waals surface area contributed by atoms with Crippen molar-refractivity contribution in [1.82, 2.24) is 10.2 Å². The molecule has 1 N–H and O–H groups in total. The molecule has 2 aromatic rings. The maximum Gasteiger partial charge on any atom is 0.287 e. The van der Waals surface area contributed by atoms with Crippen LogP contribution in [0.15, 0.2) is 40.3 Å². The Morgan fingerprint density at radius 1 is 1.41 bits per heavy atom. The summed E-state index contributed by atoms with van der Waals surface area (Å²) in [6.45, 7) is 5.13. The fourth-order valence-corrected chi connectivity index (χ4v) is 3.78. The van der Waals surface area contributed by atoms with Crippen LogP contribution >= 0.6 is 11.3 Å². The van der Waals surface area contributed by atoms with E-state index in [1.807, 2.05) is 0 Å². The number of piperidine rings is 1. The summed E-state index contributed by atoms with van der Waals surface area (Å²) in [5.41, 5.74) is 0. The highest BCUT2D eigenvalue weighted by atomic mass is 32.1. The monoisotopic (exact) mass is 318 g/mol. The summed E-state index contributed by atoms with van der Waals surface area (Å²) in [5, 5.41) is 5.11. The molecule has 1 aliphatic rings. The maximum absolute atomic E-state index is 12.1. The largest absolute Gasteiger partial charge is 0.459 e. The molecule has 1 atom stereocenters. The summed E-state index contributed by atoms with van der Waals surface area (Å²) >= 11 is 1.76. The molecule has 1 aliphatic heterocycles. The Hall–Kier alpha value is -1.59. The van der Waals surface area contributed by atoms with Crippen molar-refractivity contribution in [1.29, 1.82) is 0 Å². The second-order valence-corrected chi connectivity index (χ2v) is 6.92. The first-order valence-electron chi connectivity index (χ1n) is 7.83. The fourth-order valence-electron chi connectivity index (χ4n) is 2.91. The van der Waals surface area contributed by atoms with E-state index in [0.717, 1.165) is 19.0 Å². The van der Waals surface area contributed by atoms with Gasteiger partial charge in [0.25, 0.3) is 5.91 Å². The number of likely N-dealkylation sites (tertiary alicyclic amines) is 1. The molecule has 0 aliphatic carbocycles. The van der Waals surface area contributed by atoms with Gasteiger partial charge in [0.05, 0.1) is 12.3 Å². The molecule has 0 unspecified atom stereocenters. The molecule has 22 heavy (non-hydrogen) atoms. The van der Waals surface area contributed by atoms with Gasteiger partial charge in [-0.05, 0) is 55.4 Å². The van der Waals surface area contributed by atoms with Crippen molar-refractivity contribution in [2.24, 2.45) is 5.92 Å². The van der Waals surface area contributed by atoms with Gasteiger partial charge >= 0.3 is 0 Å². The van der Waals surface area contributed by atoms with Crippen molar-refractivity contribution in [2.75, 3.05) is 19.6 Å². The minimum Gasteiger partial charge on any atom is -0.459 e. The van der Waals surface area contributed by atoms with Crippen LogP contribution in [0.2, 0.25) is 0 Å². The topological polar surface area (TPSA) is 45.5 Å². The Kier molecular flexibility index (Phi) is 4.95. The smallest absolute Gasteiger partial charge is 0.287 e. The number of carbonyl (C=O) groups excluding carboxylic acids is 1. The molecule has 1 saturated heterocycles. The molecule has 1 fully saturated rings. The van der Waals surface area contributed by atoms with Crippen LogP contribution in [0.1, 0.15) is 41.2 Å². The van der Waals surface area contributed by atoms with E-state index < -0.39 is 0 Å². The molecule has 3 rings (SSSR count). The van der Waals surface area contributed by atoms with Crippen LogP contribution in [-0.4, -0.2) is 30.4 Å². The fraction of sp³-hybridized carbons (Fsp3) is 0.471. The molecule has 0 radical (unpaired) electrons. The number of carbonyl (C=O) groups is 1. The Morgan fingerprint density at radius 2 is 2.23 bits per heavy atom. The van der Waals surface area contributed by atoms with E-state index >= 15 is 0 Å². The van der Waals surface area contributed by atoms with Crippen LogP contribution in [0.3, 0.4) is 0 Å². The summed E-state index contributed by atoms with van der Waals surface area (Å²) in [6.07, 6.45) is 3.99. The second-order valence-electron chi connectivity index (χ2n) is 5.94. The van der Waals surface area contributed by atoms with Crippen LogP contribution in [0.4, 0.5) is 0 Å². The van der Waals surface area contributed by atoms with E-state index in [0.29, 0.717) is 12.3 Å². The third kappa shape index (κ3) is 3.59. The van der Waals surface area contributed by atoms with E-state index in [9.17, 15) is 4.79 Å². The number of nitrogens with one attached hydrogen (secondary N) is 1. The Labute approximate surface area is 135 Å². The molecular weight excluding hydrogens is 296 g/mol. The average Bonchev–Trinajstić information content (AvgIpc) is 3.22. The molecule has 1 amide bonds. The van der Waals surface area contributed by atoms with Crippen LogP contribution in [-0.2, 0) is 0 Å². The number of nitrogens with zero attached hydrogens (tertiary/aromatic N) is 1. The molecule has 3 heterocycles. The minimum absolute atomic E-state index is 0.142. The van der Waals surface area contributed by atoms with Crippen LogP contribution < -0.4 is 5.32 Å². The van der Waals surface area contributed by atoms with Crippen LogP contribution in [0.5, 0.6) is 0 Å². The van der Waals surface area contributed by atoms with Crippen molar-refractivity contribution in [2.45, 2.75) is 25.8 Å². The number of hydrogen-bond acceptors (Lipinski definition) is 4. The van der Waals surface area contributed by atoms with E-state index in [4.69, 9.17) is 4.42 Å². The highest BCUT2D eigenvalue weighted by Crippen LogP contribution is 2.29. The minimum atomic E-state index is -0.142. The Balaban J connectivity index is 1.65. The van der Waals surface area contributed by atoms with Gasteiger partial charge in [-0.1, -0.05) is 13.0 Å².